The van der Waals surface area contributed by atoms with E-state index < -0.39 is 12.0 Å². The molecule has 0 rings (SSSR count). The Labute approximate surface area is 103 Å². The molecule has 0 saturated carbocycles. The molecule has 1 unspecified atom stereocenters. The molecular formula is C11H23NO3S. The number of hydrogen-bond donors (Lipinski definition) is 2. The highest BCUT2D eigenvalue weighted by molar-refractivity contribution is 7.80. The molecule has 0 spiro atoms. The third kappa shape index (κ3) is 9.00. The van der Waals surface area contributed by atoms with Crippen LogP contribution in [0.25, 0.3) is 0 Å². The predicted octanol–water partition coefficient (Wildman–Crippen LogP) is 2.08. The van der Waals surface area contributed by atoms with Gasteiger partial charge in [0.15, 0.2) is 0 Å². The van der Waals surface area contributed by atoms with E-state index in [0.717, 1.165) is 12.8 Å². The van der Waals surface area contributed by atoms with Crippen LogP contribution in [0.15, 0.2) is 0 Å². The van der Waals surface area contributed by atoms with Gasteiger partial charge in [0, 0.05) is 5.75 Å². The van der Waals surface area contributed by atoms with Gasteiger partial charge in [0.05, 0.1) is 6.61 Å². The van der Waals surface area contributed by atoms with Gasteiger partial charge in [-0.15, -0.1) is 0 Å². The van der Waals surface area contributed by atoms with Crippen LogP contribution in [0, 0.1) is 0 Å². The molecule has 0 aromatic heterocycles. The lowest BCUT2D eigenvalue weighted by Gasteiger charge is -2.07. The summed E-state index contributed by atoms with van der Waals surface area (Å²) in [6.07, 6.45) is 7.02. The summed E-state index contributed by atoms with van der Waals surface area (Å²) in [5, 5.41) is 0. The quantitative estimate of drug-likeness (QED) is 0.269. The Morgan fingerprint density at radius 3 is 2.50 bits per heavy atom. The molecule has 0 aliphatic carbocycles. The second kappa shape index (κ2) is 11.2. The molecule has 0 bridgehead atoms. The van der Waals surface area contributed by atoms with Crippen molar-refractivity contribution in [3.63, 3.8) is 0 Å². The van der Waals surface area contributed by atoms with Gasteiger partial charge in [-0.3, -0.25) is 4.89 Å². The molecular weight excluding hydrogens is 226 g/mol. The van der Waals surface area contributed by atoms with Crippen molar-refractivity contribution in [2.24, 2.45) is 5.73 Å². The van der Waals surface area contributed by atoms with Crippen LogP contribution in [0.1, 0.15) is 45.4 Å². The summed E-state index contributed by atoms with van der Waals surface area (Å²) in [5.41, 5.74) is 5.38. The molecule has 16 heavy (non-hydrogen) atoms. The number of nitrogens with two attached hydrogens (primary N) is 1. The Morgan fingerprint density at radius 2 is 1.88 bits per heavy atom. The molecule has 1 atom stereocenters. The van der Waals surface area contributed by atoms with Crippen LogP contribution in [0.4, 0.5) is 0 Å². The Bertz CT molecular complexity index is 179. The van der Waals surface area contributed by atoms with Gasteiger partial charge >= 0.3 is 5.97 Å². The largest absolute Gasteiger partial charge is 0.359 e. The smallest absolute Gasteiger partial charge is 0.318 e. The summed E-state index contributed by atoms with van der Waals surface area (Å²) in [5.74, 6) is -0.292. The van der Waals surface area contributed by atoms with E-state index in [1.54, 1.807) is 0 Å². The normalized spacial score (nSPS) is 12.4. The molecule has 0 aliphatic rings. The minimum absolute atomic E-state index is 0.263. The first kappa shape index (κ1) is 15.7. The zero-order valence-corrected chi connectivity index (χ0v) is 10.9. The fourth-order valence-electron chi connectivity index (χ4n) is 1.18. The van der Waals surface area contributed by atoms with Crippen molar-refractivity contribution in [1.29, 1.82) is 0 Å². The van der Waals surface area contributed by atoms with Crippen molar-refractivity contribution in [3.8, 4) is 0 Å². The Hall–Kier alpha value is -0.260. The minimum atomic E-state index is -0.701. The lowest BCUT2D eigenvalue weighted by atomic mass is 10.1. The van der Waals surface area contributed by atoms with Crippen LogP contribution in [-0.4, -0.2) is 24.4 Å². The van der Waals surface area contributed by atoms with Crippen molar-refractivity contribution in [1.82, 2.24) is 0 Å². The highest BCUT2D eigenvalue weighted by Crippen LogP contribution is 2.05. The van der Waals surface area contributed by atoms with Crippen LogP contribution in [0.3, 0.4) is 0 Å². The second-order valence-corrected chi connectivity index (χ2v) is 4.15. The molecule has 0 aromatic rings. The summed E-state index contributed by atoms with van der Waals surface area (Å²) >= 11 is 3.88. The molecule has 0 aromatic carbocycles. The van der Waals surface area contributed by atoms with Crippen molar-refractivity contribution < 1.29 is 14.6 Å². The maximum atomic E-state index is 11.0. The Morgan fingerprint density at radius 1 is 1.25 bits per heavy atom. The van der Waals surface area contributed by atoms with E-state index in [1.807, 2.05) is 0 Å². The second-order valence-electron chi connectivity index (χ2n) is 3.78. The van der Waals surface area contributed by atoms with Gasteiger partial charge < -0.3 is 5.73 Å². The van der Waals surface area contributed by atoms with Crippen LogP contribution in [0.2, 0.25) is 0 Å². The monoisotopic (exact) mass is 249 g/mol. The molecule has 4 nitrogen and oxygen atoms in total. The first-order valence-electron chi connectivity index (χ1n) is 5.92. The van der Waals surface area contributed by atoms with E-state index in [4.69, 9.17) is 10.6 Å². The van der Waals surface area contributed by atoms with Crippen LogP contribution in [-0.2, 0) is 14.6 Å². The SMILES string of the molecule is CCCCCCCCOOC(=O)C(N)CS. The van der Waals surface area contributed by atoms with Crippen LogP contribution < -0.4 is 5.73 Å². The molecule has 0 saturated heterocycles. The fraction of sp³-hybridized carbons (Fsp3) is 0.909. The minimum Gasteiger partial charge on any atom is -0.318 e. The molecule has 2 N–H and O–H groups in total. The maximum absolute atomic E-state index is 11.0. The van der Waals surface area contributed by atoms with Gasteiger partial charge in [0.2, 0.25) is 0 Å². The van der Waals surface area contributed by atoms with Crippen LogP contribution >= 0.6 is 12.6 Å². The first-order chi connectivity index (χ1) is 7.72. The highest BCUT2D eigenvalue weighted by Gasteiger charge is 2.13. The first-order valence-corrected chi connectivity index (χ1v) is 6.55. The molecule has 5 heteroatoms. The standard InChI is InChI=1S/C11H23NO3S/c1-2-3-4-5-6-7-8-14-15-11(13)10(12)9-16/h10,16H,2-9,12H2,1H3. The van der Waals surface area contributed by atoms with E-state index in [0.29, 0.717) is 6.61 Å². The number of hydrogen-bond acceptors (Lipinski definition) is 5. The average Bonchev–Trinajstić information content (AvgIpc) is 2.31. The zero-order valence-electron chi connectivity index (χ0n) is 9.98. The number of carbonyl (C=O) groups excluding carboxylic acids is 1. The summed E-state index contributed by atoms with van der Waals surface area (Å²) in [6.45, 7) is 2.63. The Kier molecular flexibility index (Phi) is 11.0. The van der Waals surface area contributed by atoms with Crippen LogP contribution in [0.5, 0.6) is 0 Å². The van der Waals surface area contributed by atoms with E-state index >= 15 is 0 Å². The summed E-state index contributed by atoms with van der Waals surface area (Å²) in [4.78, 5) is 20.3. The van der Waals surface area contributed by atoms with Crippen molar-refractivity contribution in [2.45, 2.75) is 51.5 Å². The van der Waals surface area contributed by atoms with Gasteiger partial charge in [-0.1, -0.05) is 39.0 Å². The molecule has 0 heterocycles. The number of rotatable bonds is 10. The number of unbranched alkanes of at least 4 members (excludes halogenated alkanes) is 5. The number of thiol groups is 1. The van der Waals surface area contributed by atoms with Gasteiger partial charge in [-0.05, 0) is 6.42 Å². The molecule has 96 valence electrons. The topological polar surface area (TPSA) is 61.5 Å². The van der Waals surface area contributed by atoms with Crippen molar-refractivity contribution >= 4 is 18.6 Å². The van der Waals surface area contributed by atoms with Gasteiger partial charge in [-0.2, -0.15) is 17.5 Å². The van der Waals surface area contributed by atoms with Gasteiger partial charge in [0.25, 0.3) is 0 Å². The summed E-state index contributed by atoms with van der Waals surface area (Å²) < 4.78 is 0. The van der Waals surface area contributed by atoms with Crippen molar-refractivity contribution in [3.05, 3.63) is 0 Å². The van der Waals surface area contributed by atoms with Crippen molar-refractivity contribution in [2.75, 3.05) is 12.4 Å². The lowest BCUT2D eigenvalue weighted by molar-refractivity contribution is -0.273. The van der Waals surface area contributed by atoms with E-state index in [-0.39, 0.29) is 5.75 Å². The molecule has 0 radical (unpaired) electrons. The summed E-state index contributed by atoms with van der Waals surface area (Å²) in [7, 11) is 0. The zero-order chi connectivity index (χ0) is 12.2. The number of carbonyl (C=O) groups is 1. The molecule has 0 fully saturated rings. The fourth-order valence-corrected chi connectivity index (χ4v) is 1.33. The Balaban J connectivity index is 3.18. The average molecular weight is 249 g/mol. The van der Waals surface area contributed by atoms with E-state index in [9.17, 15) is 4.79 Å². The third-order valence-electron chi connectivity index (χ3n) is 2.22. The summed E-state index contributed by atoms with van der Waals surface area (Å²) in [6, 6.07) is -0.701. The predicted molar refractivity (Wildman–Crippen MR) is 67.2 cm³/mol. The maximum Gasteiger partial charge on any atom is 0.359 e. The van der Waals surface area contributed by atoms with E-state index in [2.05, 4.69) is 24.4 Å². The lowest BCUT2D eigenvalue weighted by Crippen LogP contribution is -2.33. The third-order valence-corrected chi connectivity index (χ3v) is 2.62. The molecule has 0 amide bonds. The van der Waals surface area contributed by atoms with Gasteiger partial charge in [-0.25, -0.2) is 4.79 Å². The van der Waals surface area contributed by atoms with Gasteiger partial charge in [0.1, 0.15) is 6.04 Å². The van der Waals surface area contributed by atoms with E-state index in [1.165, 1.54) is 25.7 Å². The molecule has 0 aliphatic heterocycles. The highest BCUT2D eigenvalue weighted by atomic mass is 32.1.